The van der Waals surface area contributed by atoms with Crippen LogP contribution in [0.4, 0.5) is 5.95 Å². The quantitative estimate of drug-likeness (QED) is 0.852. The molecule has 1 aromatic rings. The molecule has 0 amide bonds. The van der Waals surface area contributed by atoms with Gasteiger partial charge in [-0.25, -0.2) is 4.98 Å². The molecule has 1 aliphatic rings. The third kappa shape index (κ3) is 3.58. The van der Waals surface area contributed by atoms with Gasteiger partial charge in [0, 0.05) is 18.3 Å². The van der Waals surface area contributed by atoms with E-state index in [1.165, 1.54) is 32.1 Å². The Morgan fingerprint density at radius 2 is 2.12 bits per heavy atom. The molecule has 0 saturated heterocycles. The summed E-state index contributed by atoms with van der Waals surface area (Å²) in [5.74, 6) is 2.20. The van der Waals surface area contributed by atoms with Crippen LogP contribution in [0.15, 0.2) is 6.07 Å². The number of nitrogens with one attached hydrogen (secondary N) is 1. The van der Waals surface area contributed by atoms with Gasteiger partial charge in [0.1, 0.15) is 0 Å². The fourth-order valence-corrected chi connectivity index (χ4v) is 2.41. The molecular weight excluding hydrogens is 214 g/mol. The first-order valence-corrected chi connectivity index (χ1v) is 6.41. The van der Waals surface area contributed by atoms with Crippen LogP contribution in [0.5, 0.6) is 5.88 Å². The molecule has 1 aliphatic carbocycles. The standard InChI is InChI=1S/C13H21N3O/c1-10-9-12(17-2)16-13(15-10)14-8-7-11-5-3-4-6-11/h9,11H,3-8H2,1-2H3,(H,14,15,16). The molecule has 0 aromatic carbocycles. The fraction of sp³-hybridized carbons (Fsp3) is 0.692. The number of hydrogen-bond donors (Lipinski definition) is 1. The molecular formula is C13H21N3O. The van der Waals surface area contributed by atoms with Crippen molar-refractivity contribution < 1.29 is 4.74 Å². The first-order chi connectivity index (χ1) is 8.28. The summed E-state index contributed by atoms with van der Waals surface area (Å²) < 4.78 is 5.12. The highest BCUT2D eigenvalue weighted by molar-refractivity contribution is 5.30. The van der Waals surface area contributed by atoms with Crippen LogP contribution < -0.4 is 10.1 Å². The predicted molar refractivity (Wildman–Crippen MR) is 68.4 cm³/mol. The van der Waals surface area contributed by atoms with Crippen molar-refractivity contribution in [1.82, 2.24) is 9.97 Å². The van der Waals surface area contributed by atoms with Crippen molar-refractivity contribution in [1.29, 1.82) is 0 Å². The maximum Gasteiger partial charge on any atom is 0.226 e. The normalized spacial score (nSPS) is 16.1. The number of rotatable bonds is 5. The van der Waals surface area contributed by atoms with Crippen LogP contribution in [0.1, 0.15) is 37.8 Å². The van der Waals surface area contributed by atoms with Crippen LogP contribution in [-0.2, 0) is 0 Å². The number of anilines is 1. The largest absolute Gasteiger partial charge is 0.481 e. The highest BCUT2D eigenvalue weighted by Crippen LogP contribution is 2.27. The lowest BCUT2D eigenvalue weighted by atomic mass is 10.0. The van der Waals surface area contributed by atoms with Gasteiger partial charge in [-0.1, -0.05) is 25.7 Å². The predicted octanol–water partition coefficient (Wildman–Crippen LogP) is 2.79. The second-order valence-corrected chi connectivity index (χ2v) is 4.74. The minimum Gasteiger partial charge on any atom is -0.481 e. The summed E-state index contributed by atoms with van der Waals surface area (Å²) in [7, 11) is 1.63. The second-order valence-electron chi connectivity index (χ2n) is 4.74. The number of methoxy groups -OCH3 is 1. The van der Waals surface area contributed by atoms with Crippen LogP contribution in [0.3, 0.4) is 0 Å². The molecule has 4 nitrogen and oxygen atoms in total. The van der Waals surface area contributed by atoms with Gasteiger partial charge in [0.05, 0.1) is 7.11 Å². The van der Waals surface area contributed by atoms with Crippen molar-refractivity contribution in [3.8, 4) is 5.88 Å². The summed E-state index contributed by atoms with van der Waals surface area (Å²) in [5.41, 5.74) is 0.931. The second kappa shape index (κ2) is 5.84. The molecule has 1 saturated carbocycles. The van der Waals surface area contributed by atoms with E-state index in [0.29, 0.717) is 11.8 Å². The molecule has 94 valence electrons. The zero-order valence-electron chi connectivity index (χ0n) is 10.7. The summed E-state index contributed by atoms with van der Waals surface area (Å²) in [4.78, 5) is 8.62. The molecule has 0 unspecified atom stereocenters. The van der Waals surface area contributed by atoms with Crippen LogP contribution in [0, 0.1) is 12.8 Å². The SMILES string of the molecule is COc1cc(C)nc(NCCC2CCCC2)n1. The zero-order chi connectivity index (χ0) is 12.1. The van der Waals surface area contributed by atoms with Gasteiger partial charge in [-0.2, -0.15) is 4.98 Å². The first kappa shape index (κ1) is 12.1. The smallest absolute Gasteiger partial charge is 0.226 e. The van der Waals surface area contributed by atoms with Gasteiger partial charge in [-0.3, -0.25) is 0 Å². The monoisotopic (exact) mass is 235 g/mol. The van der Waals surface area contributed by atoms with Crippen molar-refractivity contribution >= 4 is 5.95 Å². The molecule has 0 atom stereocenters. The molecule has 17 heavy (non-hydrogen) atoms. The fourth-order valence-electron chi connectivity index (χ4n) is 2.41. The van der Waals surface area contributed by atoms with E-state index in [9.17, 15) is 0 Å². The van der Waals surface area contributed by atoms with E-state index in [4.69, 9.17) is 4.74 Å². The van der Waals surface area contributed by atoms with E-state index in [1.807, 2.05) is 13.0 Å². The van der Waals surface area contributed by atoms with E-state index < -0.39 is 0 Å². The van der Waals surface area contributed by atoms with Crippen LogP contribution in [0.2, 0.25) is 0 Å². The number of aryl methyl sites for hydroxylation is 1. The highest BCUT2D eigenvalue weighted by Gasteiger charge is 2.14. The average Bonchev–Trinajstić information content (AvgIpc) is 2.81. The molecule has 1 fully saturated rings. The number of hydrogen-bond acceptors (Lipinski definition) is 4. The topological polar surface area (TPSA) is 47.0 Å². The lowest BCUT2D eigenvalue weighted by Gasteiger charge is -2.10. The minimum atomic E-state index is 0.626. The molecule has 4 heteroatoms. The Bertz CT molecular complexity index is 362. The summed E-state index contributed by atoms with van der Waals surface area (Å²) in [6.45, 7) is 2.91. The number of ether oxygens (including phenoxy) is 1. The van der Waals surface area contributed by atoms with Crippen molar-refractivity contribution in [2.24, 2.45) is 5.92 Å². The maximum absolute atomic E-state index is 5.12. The van der Waals surface area contributed by atoms with Crippen LogP contribution in [-0.4, -0.2) is 23.6 Å². The van der Waals surface area contributed by atoms with Crippen LogP contribution in [0.25, 0.3) is 0 Å². The number of aromatic nitrogens is 2. The van der Waals surface area contributed by atoms with E-state index >= 15 is 0 Å². The maximum atomic E-state index is 5.12. The van der Waals surface area contributed by atoms with Crippen molar-refractivity contribution in [2.45, 2.75) is 39.0 Å². The van der Waals surface area contributed by atoms with Gasteiger partial charge in [-0.15, -0.1) is 0 Å². The van der Waals surface area contributed by atoms with E-state index in [2.05, 4.69) is 15.3 Å². The average molecular weight is 235 g/mol. The van der Waals surface area contributed by atoms with E-state index in [0.717, 1.165) is 18.2 Å². The molecule has 0 bridgehead atoms. The lowest BCUT2D eigenvalue weighted by molar-refractivity contribution is 0.397. The summed E-state index contributed by atoms with van der Waals surface area (Å²) in [6.07, 6.45) is 6.80. The van der Waals surface area contributed by atoms with Gasteiger partial charge in [0.25, 0.3) is 0 Å². The minimum absolute atomic E-state index is 0.626. The molecule has 0 radical (unpaired) electrons. The molecule has 0 spiro atoms. The molecule has 1 heterocycles. The Balaban J connectivity index is 1.83. The molecule has 1 aromatic heterocycles. The van der Waals surface area contributed by atoms with Gasteiger partial charge in [-0.05, 0) is 19.3 Å². The molecule has 2 rings (SSSR count). The summed E-state index contributed by atoms with van der Waals surface area (Å²) >= 11 is 0. The first-order valence-electron chi connectivity index (χ1n) is 6.41. The third-order valence-electron chi connectivity index (χ3n) is 3.35. The zero-order valence-corrected chi connectivity index (χ0v) is 10.7. The van der Waals surface area contributed by atoms with Crippen LogP contribution >= 0.6 is 0 Å². The molecule has 1 N–H and O–H groups in total. The Kier molecular flexibility index (Phi) is 4.18. The third-order valence-corrected chi connectivity index (χ3v) is 3.35. The Labute approximate surface area is 103 Å². The molecule has 0 aliphatic heterocycles. The van der Waals surface area contributed by atoms with Gasteiger partial charge < -0.3 is 10.1 Å². The summed E-state index contributed by atoms with van der Waals surface area (Å²) in [6, 6.07) is 1.84. The van der Waals surface area contributed by atoms with E-state index in [-0.39, 0.29) is 0 Å². The van der Waals surface area contributed by atoms with Gasteiger partial charge in [0.2, 0.25) is 11.8 Å². The van der Waals surface area contributed by atoms with Crippen molar-refractivity contribution in [3.05, 3.63) is 11.8 Å². The lowest BCUT2D eigenvalue weighted by Crippen LogP contribution is -2.10. The van der Waals surface area contributed by atoms with E-state index in [1.54, 1.807) is 7.11 Å². The summed E-state index contributed by atoms with van der Waals surface area (Å²) in [5, 5.41) is 3.28. The Morgan fingerprint density at radius 3 is 2.82 bits per heavy atom. The number of nitrogens with zero attached hydrogens (tertiary/aromatic N) is 2. The highest BCUT2D eigenvalue weighted by atomic mass is 16.5. The Morgan fingerprint density at radius 1 is 1.35 bits per heavy atom. The van der Waals surface area contributed by atoms with Gasteiger partial charge in [0.15, 0.2) is 0 Å². The van der Waals surface area contributed by atoms with Gasteiger partial charge >= 0.3 is 0 Å². The van der Waals surface area contributed by atoms with Crippen molar-refractivity contribution in [3.63, 3.8) is 0 Å². The van der Waals surface area contributed by atoms with Crippen molar-refractivity contribution in [2.75, 3.05) is 19.0 Å². The Hall–Kier alpha value is -1.32.